The van der Waals surface area contributed by atoms with E-state index < -0.39 is 0 Å². The zero-order chi connectivity index (χ0) is 9.64. The van der Waals surface area contributed by atoms with Crippen LogP contribution in [0.1, 0.15) is 0 Å². The molecule has 14 heavy (non-hydrogen) atoms. The molecule has 0 aliphatic carbocycles. The van der Waals surface area contributed by atoms with Crippen LogP contribution in [0.3, 0.4) is 0 Å². The topological polar surface area (TPSA) is 3.88 Å². The van der Waals surface area contributed by atoms with Gasteiger partial charge in [0.2, 0.25) is 0 Å². The summed E-state index contributed by atoms with van der Waals surface area (Å²) >= 11 is 1.71. The second-order valence-corrected chi connectivity index (χ2v) is 3.78. The second kappa shape index (κ2) is 4.72. The van der Waals surface area contributed by atoms with Crippen LogP contribution < -0.4 is 4.57 Å². The first-order valence-corrected chi connectivity index (χ1v) is 5.34. The Morgan fingerprint density at radius 1 is 0.857 bits per heavy atom. The molecule has 0 saturated carbocycles. The molecular formula is C12H11NS. The van der Waals surface area contributed by atoms with E-state index >= 15 is 0 Å². The van der Waals surface area contributed by atoms with Crippen molar-refractivity contribution in [3.8, 4) is 0 Å². The molecule has 2 aromatic rings. The molecule has 1 aromatic heterocycles. The normalized spacial score (nSPS) is 9.71. The van der Waals surface area contributed by atoms with Crippen LogP contribution in [0.15, 0.2) is 65.8 Å². The van der Waals surface area contributed by atoms with Gasteiger partial charge in [-0.15, -0.1) is 0 Å². The van der Waals surface area contributed by atoms with Gasteiger partial charge in [-0.05, 0) is 12.1 Å². The summed E-state index contributed by atoms with van der Waals surface area (Å²) in [6.07, 6.45) is 4.05. The standard InChI is InChI=1S/C12H11NS/c1-3-7-12(8-4-1)14-11-13-9-5-2-6-10-13/h1-11H. The molecule has 1 heterocycles. The maximum atomic E-state index is 2.10. The highest BCUT2D eigenvalue weighted by atomic mass is 32.2. The molecule has 0 saturated heterocycles. The summed E-state index contributed by atoms with van der Waals surface area (Å²) in [5, 5.41) is 0. The quantitative estimate of drug-likeness (QED) is 0.419. The van der Waals surface area contributed by atoms with E-state index in [0.717, 1.165) is 0 Å². The van der Waals surface area contributed by atoms with Gasteiger partial charge in [0.25, 0.3) is 0 Å². The minimum atomic E-state index is 1.25. The van der Waals surface area contributed by atoms with Crippen LogP contribution in [0.5, 0.6) is 0 Å². The lowest BCUT2D eigenvalue weighted by atomic mass is 10.4. The number of pyridine rings is 1. The number of benzene rings is 1. The molecule has 0 spiro atoms. The summed E-state index contributed by atoms with van der Waals surface area (Å²) in [5.41, 5.74) is 0. The first-order chi connectivity index (χ1) is 6.95. The van der Waals surface area contributed by atoms with E-state index in [1.807, 2.05) is 53.4 Å². The number of hydrogen-bond acceptors (Lipinski definition) is 1. The molecule has 1 aromatic carbocycles. The smallest absolute Gasteiger partial charge is 0.108 e. The highest BCUT2D eigenvalue weighted by molar-refractivity contribution is 8.01. The Balaban J connectivity index is 1.96. The van der Waals surface area contributed by atoms with E-state index in [4.69, 9.17) is 0 Å². The molecule has 0 unspecified atom stereocenters. The number of hydrogen-bond donors (Lipinski definition) is 0. The van der Waals surface area contributed by atoms with Crippen molar-refractivity contribution in [1.29, 1.82) is 0 Å². The van der Waals surface area contributed by atoms with Crippen LogP contribution in [0.4, 0.5) is 0 Å². The maximum absolute atomic E-state index is 2.10. The van der Waals surface area contributed by atoms with Crippen molar-refractivity contribution in [3.05, 3.63) is 66.8 Å². The molecule has 2 heteroatoms. The highest BCUT2D eigenvalue weighted by Crippen LogP contribution is 2.17. The van der Waals surface area contributed by atoms with Crippen molar-refractivity contribution in [3.63, 3.8) is 0 Å². The average molecular weight is 201 g/mol. The fourth-order valence-corrected chi connectivity index (χ4v) is 1.80. The van der Waals surface area contributed by atoms with E-state index in [2.05, 4.69) is 18.0 Å². The van der Waals surface area contributed by atoms with Gasteiger partial charge < -0.3 is 4.57 Å². The van der Waals surface area contributed by atoms with Gasteiger partial charge in [-0.3, -0.25) is 0 Å². The average Bonchev–Trinajstić information content (AvgIpc) is 2.29. The van der Waals surface area contributed by atoms with Crippen LogP contribution in [0.2, 0.25) is 0 Å². The Labute approximate surface area is 88.4 Å². The summed E-state index contributed by atoms with van der Waals surface area (Å²) in [4.78, 5) is 1.25. The molecule has 0 amide bonds. The van der Waals surface area contributed by atoms with Crippen molar-refractivity contribution < 1.29 is 4.57 Å². The van der Waals surface area contributed by atoms with Crippen LogP contribution in [0, 0.1) is 5.88 Å². The maximum Gasteiger partial charge on any atom is 0.108 e. The third-order valence-electron chi connectivity index (χ3n) is 1.79. The van der Waals surface area contributed by atoms with Crippen LogP contribution in [0.25, 0.3) is 0 Å². The zero-order valence-corrected chi connectivity index (χ0v) is 8.52. The lowest BCUT2D eigenvalue weighted by Gasteiger charge is -2.03. The summed E-state index contributed by atoms with van der Waals surface area (Å²) < 4.78 is 2.04. The van der Waals surface area contributed by atoms with E-state index in [1.165, 1.54) is 4.90 Å². The molecule has 0 aliphatic rings. The van der Waals surface area contributed by atoms with Crippen molar-refractivity contribution in [1.82, 2.24) is 0 Å². The fraction of sp³-hybridized carbons (Fsp3) is 0. The van der Waals surface area contributed by atoms with Gasteiger partial charge in [0.15, 0.2) is 0 Å². The van der Waals surface area contributed by atoms with Gasteiger partial charge in [-0.25, -0.2) is 0 Å². The molecule has 1 nitrogen and oxygen atoms in total. The highest BCUT2D eigenvalue weighted by Gasteiger charge is 1.92. The van der Waals surface area contributed by atoms with Crippen LogP contribution >= 0.6 is 11.8 Å². The largest absolute Gasteiger partial charge is 0.327 e. The minimum absolute atomic E-state index is 1.25. The molecule has 0 radical (unpaired) electrons. The second-order valence-electron chi connectivity index (χ2n) is 2.86. The van der Waals surface area contributed by atoms with E-state index in [9.17, 15) is 0 Å². The fourth-order valence-electron chi connectivity index (χ4n) is 1.10. The number of aromatic nitrogens is 1. The van der Waals surface area contributed by atoms with E-state index in [0.29, 0.717) is 0 Å². The Kier molecular flexibility index (Phi) is 3.09. The Hall–Kier alpha value is -1.41. The molecule has 0 atom stereocenters. The predicted octanol–water partition coefficient (Wildman–Crippen LogP) is 2.73. The third kappa shape index (κ3) is 2.54. The Morgan fingerprint density at radius 3 is 2.21 bits per heavy atom. The van der Waals surface area contributed by atoms with E-state index in [-0.39, 0.29) is 0 Å². The molecule has 0 fully saturated rings. The van der Waals surface area contributed by atoms with Crippen LogP contribution in [-0.2, 0) is 0 Å². The van der Waals surface area contributed by atoms with Gasteiger partial charge in [0.05, 0.1) is 12.4 Å². The minimum Gasteiger partial charge on any atom is -0.327 e. The summed E-state index contributed by atoms with van der Waals surface area (Å²) in [7, 11) is 0. The van der Waals surface area contributed by atoms with Crippen molar-refractivity contribution in [2.75, 3.05) is 0 Å². The summed E-state index contributed by atoms with van der Waals surface area (Å²) in [6, 6.07) is 16.4. The van der Waals surface area contributed by atoms with Gasteiger partial charge in [0, 0.05) is 4.90 Å². The molecule has 0 N–H and O–H groups in total. The molecule has 2 rings (SSSR count). The van der Waals surface area contributed by atoms with Gasteiger partial charge >= 0.3 is 0 Å². The number of thioether (sulfide) groups is 1. The lowest BCUT2D eigenvalue weighted by Crippen LogP contribution is -2.28. The Bertz CT molecular complexity index is 333. The van der Waals surface area contributed by atoms with Gasteiger partial charge in [-0.2, -0.15) is 0 Å². The molecule has 0 bridgehead atoms. The number of rotatable bonds is 3. The molecular weight excluding hydrogens is 190 g/mol. The predicted molar refractivity (Wildman–Crippen MR) is 58.6 cm³/mol. The van der Waals surface area contributed by atoms with Gasteiger partial charge in [0.1, 0.15) is 5.88 Å². The SMILES string of the molecule is c1ccc(S[CH-][n+]2ccccc2)cc1. The third-order valence-corrected chi connectivity index (χ3v) is 2.69. The summed E-state index contributed by atoms with van der Waals surface area (Å²) in [5.74, 6) is 2.08. The van der Waals surface area contributed by atoms with Crippen LogP contribution in [-0.4, -0.2) is 0 Å². The monoisotopic (exact) mass is 201 g/mol. The lowest BCUT2D eigenvalue weighted by molar-refractivity contribution is -0.619. The first-order valence-electron chi connectivity index (χ1n) is 4.46. The zero-order valence-electron chi connectivity index (χ0n) is 7.71. The number of nitrogens with zero attached hydrogens (tertiary/aromatic N) is 1. The Morgan fingerprint density at radius 2 is 1.50 bits per heavy atom. The van der Waals surface area contributed by atoms with Crippen molar-refractivity contribution >= 4 is 11.8 Å². The van der Waals surface area contributed by atoms with Gasteiger partial charge in [-0.1, -0.05) is 48.2 Å². The van der Waals surface area contributed by atoms with Crippen molar-refractivity contribution in [2.24, 2.45) is 0 Å². The molecule has 0 aliphatic heterocycles. The summed E-state index contributed by atoms with van der Waals surface area (Å²) in [6.45, 7) is 0. The van der Waals surface area contributed by atoms with Crippen molar-refractivity contribution in [2.45, 2.75) is 4.90 Å². The van der Waals surface area contributed by atoms with E-state index in [1.54, 1.807) is 11.8 Å². The first kappa shape index (κ1) is 9.16. The molecule has 70 valence electrons.